The van der Waals surface area contributed by atoms with E-state index in [1.807, 2.05) is 31.2 Å². The fourth-order valence-corrected chi connectivity index (χ4v) is 1.61. The van der Waals surface area contributed by atoms with Crippen molar-refractivity contribution in [3.8, 4) is 0 Å². The van der Waals surface area contributed by atoms with Crippen LogP contribution in [0.2, 0.25) is 0 Å². The highest BCUT2D eigenvalue weighted by Gasteiger charge is 2.17. The molecule has 1 heterocycles. The number of amidine groups is 1. The molecule has 0 saturated carbocycles. The summed E-state index contributed by atoms with van der Waals surface area (Å²) >= 11 is 0. The standard InChI is InChI=1S/C12H14N2O/c1-9-4-6-10(7-5-9)12(15)14-11-3-2-8-13-11/h4-7H,2-3,8H2,1H3,(H,13,14,15)/p+1. The molecule has 0 spiro atoms. The third-order valence-electron chi connectivity index (χ3n) is 2.52. The summed E-state index contributed by atoms with van der Waals surface area (Å²) in [7, 11) is 0. The second-order valence-corrected chi connectivity index (χ2v) is 3.83. The molecular weight excluding hydrogens is 188 g/mol. The minimum atomic E-state index is -0.0283. The number of hydrogen-bond acceptors (Lipinski definition) is 1. The first-order chi connectivity index (χ1) is 7.25. The van der Waals surface area contributed by atoms with Crippen molar-refractivity contribution in [2.24, 2.45) is 0 Å². The summed E-state index contributed by atoms with van der Waals surface area (Å²) in [5, 5.41) is 2.88. The Labute approximate surface area is 89.2 Å². The van der Waals surface area contributed by atoms with E-state index in [1.54, 1.807) is 0 Å². The zero-order chi connectivity index (χ0) is 10.7. The van der Waals surface area contributed by atoms with Crippen LogP contribution in [-0.2, 0) is 0 Å². The average molecular weight is 203 g/mol. The monoisotopic (exact) mass is 203 g/mol. The van der Waals surface area contributed by atoms with Crippen molar-refractivity contribution in [2.45, 2.75) is 19.8 Å². The van der Waals surface area contributed by atoms with Crippen LogP contribution >= 0.6 is 0 Å². The molecule has 0 saturated heterocycles. The number of carbonyl (C=O) groups is 1. The van der Waals surface area contributed by atoms with Gasteiger partial charge in [-0.25, -0.2) is 10.1 Å². The first-order valence-electron chi connectivity index (χ1n) is 5.23. The van der Waals surface area contributed by atoms with Crippen molar-refractivity contribution >= 4 is 11.7 Å². The topological polar surface area (TPSA) is 43.1 Å². The molecule has 78 valence electrons. The molecule has 0 aromatic heterocycles. The van der Waals surface area contributed by atoms with Crippen molar-refractivity contribution in [1.82, 2.24) is 5.32 Å². The quantitative estimate of drug-likeness (QED) is 0.663. The zero-order valence-corrected chi connectivity index (χ0v) is 8.84. The van der Waals surface area contributed by atoms with E-state index in [-0.39, 0.29) is 5.91 Å². The maximum Gasteiger partial charge on any atom is 0.338 e. The number of aryl methyl sites for hydroxylation is 1. The first-order valence-corrected chi connectivity index (χ1v) is 5.23. The predicted octanol–water partition coefficient (Wildman–Crippen LogP) is -0.00228. The van der Waals surface area contributed by atoms with Gasteiger partial charge < -0.3 is 0 Å². The maximum absolute atomic E-state index is 11.7. The highest BCUT2D eigenvalue weighted by atomic mass is 16.1. The molecule has 0 radical (unpaired) electrons. The molecule has 3 nitrogen and oxygen atoms in total. The molecule has 3 heteroatoms. The fraction of sp³-hybridized carbons (Fsp3) is 0.333. The minimum Gasteiger partial charge on any atom is -0.278 e. The van der Waals surface area contributed by atoms with Gasteiger partial charge in [-0.2, -0.15) is 0 Å². The number of amides is 1. The second-order valence-electron chi connectivity index (χ2n) is 3.83. The van der Waals surface area contributed by atoms with E-state index in [0.29, 0.717) is 5.56 Å². The predicted molar refractivity (Wildman–Crippen MR) is 58.7 cm³/mol. The lowest BCUT2D eigenvalue weighted by Crippen LogP contribution is -2.72. The number of hydrogen-bond donors (Lipinski definition) is 2. The van der Waals surface area contributed by atoms with Gasteiger partial charge in [-0.1, -0.05) is 17.7 Å². The van der Waals surface area contributed by atoms with Gasteiger partial charge in [0.2, 0.25) is 5.84 Å². The molecule has 1 amide bonds. The van der Waals surface area contributed by atoms with Crippen molar-refractivity contribution in [3.63, 3.8) is 0 Å². The van der Waals surface area contributed by atoms with E-state index in [9.17, 15) is 4.79 Å². The summed E-state index contributed by atoms with van der Waals surface area (Å²) in [5.41, 5.74) is 1.87. The Hall–Kier alpha value is -1.64. The van der Waals surface area contributed by atoms with Crippen LogP contribution in [0, 0.1) is 6.92 Å². The summed E-state index contributed by atoms with van der Waals surface area (Å²) < 4.78 is 0. The normalized spacial score (nSPS) is 14.9. The molecule has 1 aliphatic heterocycles. The Balaban J connectivity index is 2.04. The Bertz CT molecular complexity index is 393. The van der Waals surface area contributed by atoms with Crippen molar-refractivity contribution in [3.05, 3.63) is 35.4 Å². The Kier molecular flexibility index (Phi) is 2.81. The number of nitrogens with one attached hydrogen (secondary N) is 2. The highest BCUT2D eigenvalue weighted by molar-refractivity contribution is 6.04. The first kappa shape index (κ1) is 9.90. The van der Waals surface area contributed by atoms with Gasteiger partial charge in [0.1, 0.15) is 0 Å². The lowest BCUT2D eigenvalue weighted by atomic mass is 10.1. The van der Waals surface area contributed by atoms with E-state index in [2.05, 4.69) is 10.3 Å². The number of carbonyl (C=O) groups excluding carboxylic acids is 1. The van der Waals surface area contributed by atoms with Crippen LogP contribution in [0.4, 0.5) is 0 Å². The van der Waals surface area contributed by atoms with Gasteiger partial charge in [0, 0.05) is 0 Å². The van der Waals surface area contributed by atoms with Crippen molar-refractivity contribution in [1.29, 1.82) is 0 Å². The number of benzene rings is 1. The van der Waals surface area contributed by atoms with Gasteiger partial charge in [0.15, 0.2) is 0 Å². The van der Waals surface area contributed by atoms with E-state index >= 15 is 0 Å². The van der Waals surface area contributed by atoms with Crippen molar-refractivity contribution in [2.75, 3.05) is 6.54 Å². The molecule has 2 N–H and O–H groups in total. The molecule has 15 heavy (non-hydrogen) atoms. The number of rotatable bonds is 1. The van der Waals surface area contributed by atoms with Crippen LogP contribution in [0.25, 0.3) is 0 Å². The molecular formula is C12H15N2O+. The molecule has 0 bridgehead atoms. The van der Waals surface area contributed by atoms with Gasteiger partial charge in [-0.05, 0) is 25.5 Å². The lowest BCUT2D eigenvalue weighted by Gasteiger charge is -1.98. The summed E-state index contributed by atoms with van der Waals surface area (Å²) in [6.07, 6.45) is 2.04. The van der Waals surface area contributed by atoms with E-state index in [4.69, 9.17) is 0 Å². The van der Waals surface area contributed by atoms with Gasteiger partial charge in [-0.15, -0.1) is 0 Å². The van der Waals surface area contributed by atoms with Gasteiger partial charge in [-0.3, -0.25) is 4.99 Å². The molecule has 1 aromatic rings. The zero-order valence-electron chi connectivity index (χ0n) is 8.84. The SMILES string of the molecule is Cc1ccc(C(=O)NC2=[NH+]CCC2)cc1. The fourth-order valence-electron chi connectivity index (χ4n) is 1.61. The summed E-state index contributed by atoms with van der Waals surface area (Å²) in [6, 6.07) is 7.59. The van der Waals surface area contributed by atoms with Crippen LogP contribution in [0.15, 0.2) is 24.3 Å². The van der Waals surface area contributed by atoms with Gasteiger partial charge >= 0.3 is 5.91 Å². The van der Waals surface area contributed by atoms with Gasteiger partial charge in [0.25, 0.3) is 0 Å². The minimum absolute atomic E-state index is 0.0283. The molecule has 0 aliphatic carbocycles. The van der Waals surface area contributed by atoms with Crippen LogP contribution in [0.5, 0.6) is 0 Å². The van der Waals surface area contributed by atoms with E-state index < -0.39 is 0 Å². The van der Waals surface area contributed by atoms with Crippen molar-refractivity contribution < 1.29 is 9.79 Å². The van der Waals surface area contributed by atoms with E-state index in [1.165, 1.54) is 0 Å². The Morgan fingerprint density at radius 3 is 2.67 bits per heavy atom. The summed E-state index contributed by atoms with van der Waals surface area (Å²) in [5.74, 6) is 0.917. The molecule has 2 rings (SSSR count). The molecule has 1 aromatic carbocycles. The average Bonchev–Trinajstić information content (AvgIpc) is 2.71. The van der Waals surface area contributed by atoms with Crippen LogP contribution in [0.3, 0.4) is 0 Å². The molecule has 0 atom stereocenters. The smallest absolute Gasteiger partial charge is 0.278 e. The molecule has 0 unspecified atom stereocenters. The summed E-state index contributed by atoms with van der Waals surface area (Å²) in [6.45, 7) is 2.97. The van der Waals surface area contributed by atoms with Crippen LogP contribution in [0.1, 0.15) is 28.8 Å². The Morgan fingerprint density at radius 2 is 2.07 bits per heavy atom. The molecule has 0 fully saturated rings. The van der Waals surface area contributed by atoms with E-state index in [0.717, 1.165) is 30.8 Å². The third kappa shape index (κ3) is 2.43. The lowest BCUT2D eigenvalue weighted by molar-refractivity contribution is -0.448. The second kappa shape index (κ2) is 4.26. The molecule has 1 aliphatic rings. The van der Waals surface area contributed by atoms with Gasteiger partial charge in [0.05, 0.1) is 18.5 Å². The largest absolute Gasteiger partial charge is 0.338 e. The van der Waals surface area contributed by atoms with Crippen LogP contribution in [-0.4, -0.2) is 18.3 Å². The Morgan fingerprint density at radius 1 is 1.33 bits per heavy atom. The van der Waals surface area contributed by atoms with Crippen LogP contribution < -0.4 is 10.3 Å². The third-order valence-corrected chi connectivity index (χ3v) is 2.52. The highest BCUT2D eigenvalue weighted by Crippen LogP contribution is 2.03. The maximum atomic E-state index is 11.7. The summed E-state index contributed by atoms with van der Waals surface area (Å²) in [4.78, 5) is 14.9.